The predicted molar refractivity (Wildman–Crippen MR) is 126 cm³/mol. The monoisotopic (exact) mass is 574 g/mol. The molecule has 2 fully saturated rings. The van der Waals surface area contributed by atoms with Crippen LogP contribution in [0.2, 0.25) is 10.0 Å². The number of ether oxygens (including phenoxy) is 1. The molecule has 14 heteroatoms. The normalized spacial score (nSPS) is 20.1. The maximum Gasteiger partial charge on any atom is 0.534 e. The van der Waals surface area contributed by atoms with Crippen LogP contribution in [0.4, 0.5) is 18.0 Å². The van der Waals surface area contributed by atoms with E-state index in [0.29, 0.717) is 44.5 Å². The minimum atomic E-state index is -5.88. The molecule has 0 aliphatic carbocycles. The molecule has 0 spiro atoms. The molecule has 0 saturated carbocycles. The van der Waals surface area contributed by atoms with E-state index >= 15 is 0 Å². The zero-order valence-electron chi connectivity index (χ0n) is 19.9. The van der Waals surface area contributed by atoms with E-state index in [4.69, 9.17) is 27.9 Å². The molecule has 2 saturated heterocycles. The summed E-state index contributed by atoms with van der Waals surface area (Å²) in [6.45, 7) is 6.83. The standard InChI is InChI=1S/C22H27Cl2F3N2O6S/c1-21(2,3)34-20(31)28-7-5-14(6-8-28)29-9-4-13(19(29)30)10-16-17(23)11-15(12-18(16)24)35-36(32,33)22(25,26)27/h11-14H,4-10H2,1-3H3. The fourth-order valence-electron chi connectivity index (χ4n) is 4.24. The highest BCUT2D eigenvalue weighted by molar-refractivity contribution is 7.88. The lowest BCUT2D eigenvalue weighted by Gasteiger charge is -2.37. The summed E-state index contributed by atoms with van der Waals surface area (Å²) in [5, 5.41) is -0.210. The summed E-state index contributed by atoms with van der Waals surface area (Å²) >= 11 is 12.3. The molecule has 0 N–H and O–H groups in total. The van der Waals surface area contributed by atoms with Crippen LogP contribution in [0, 0.1) is 5.92 Å². The number of piperidine rings is 1. The lowest BCUT2D eigenvalue weighted by molar-refractivity contribution is -0.133. The molecule has 2 aliphatic rings. The third-order valence-electron chi connectivity index (χ3n) is 5.96. The molecule has 1 aromatic rings. The molecular formula is C22H27Cl2F3N2O6S. The van der Waals surface area contributed by atoms with Crippen LogP contribution in [-0.2, 0) is 26.1 Å². The van der Waals surface area contributed by atoms with Gasteiger partial charge in [-0.1, -0.05) is 23.2 Å². The Kier molecular flexibility index (Phi) is 8.31. The highest BCUT2D eigenvalue weighted by atomic mass is 35.5. The zero-order chi connectivity index (χ0) is 27.1. The van der Waals surface area contributed by atoms with Crippen molar-refractivity contribution in [3.63, 3.8) is 0 Å². The summed E-state index contributed by atoms with van der Waals surface area (Å²) in [7, 11) is -5.88. The van der Waals surface area contributed by atoms with Gasteiger partial charge in [-0.05, 0) is 52.0 Å². The van der Waals surface area contributed by atoms with Crippen molar-refractivity contribution in [1.82, 2.24) is 9.80 Å². The summed E-state index contributed by atoms with van der Waals surface area (Å²) < 4.78 is 69.7. The third-order valence-corrected chi connectivity index (χ3v) is 7.62. The quantitative estimate of drug-likeness (QED) is 0.362. The van der Waals surface area contributed by atoms with Crippen LogP contribution in [0.3, 0.4) is 0 Å². The van der Waals surface area contributed by atoms with Gasteiger partial charge in [0.2, 0.25) is 5.91 Å². The highest BCUT2D eigenvalue weighted by Crippen LogP contribution is 2.37. The Hall–Kier alpha value is -1.92. The maximum absolute atomic E-state index is 13.1. The number of alkyl halides is 3. The van der Waals surface area contributed by atoms with E-state index in [-0.39, 0.29) is 34.5 Å². The lowest BCUT2D eigenvalue weighted by atomic mass is 9.97. The van der Waals surface area contributed by atoms with Crippen molar-refractivity contribution in [3.8, 4) is 5.75 Å². The molecule has 8 nitrogen and oxygen atoms in total. The zero-order valence-corrected chi connectivity index (χ0v) is 22.2. The summed E-state index contributed by atoms with van der Waals surface area (Å²) in [6.07, 6.45) is 1.50. The Morgan fingerprint density at radius 3 is 2.11 bits per heavy atom. The molecule has 0 bridgehead atoms. The predicted octanol–water partition coefficient (Wildman–Crippen LogP) is 5.01. The largest absolute Gasteiger partial charge is 0.534 e. The molecule has 0 radical (unpaired) electrons. The maximum atomic E-state index is 13.1. The van der Waals surface area contributed by atoms with Crippen molar-refractivity contribution in [2.24, 2.45) is 5.92 Å². The molecule has 2 aliphatic heterocycles. The number of carbonyl (C=O) groups excluding carboxylic acids is 2. The Labute approximate surface area is 217 Å². The van der Waals surface area contributed by atoms with Gasteiger partial charge in [0.05, 0.1) is 0 Å². The van der Waals surface area contributed by atoms with Gasteiger partial charge in [-0.3, -0.25) is 4.79 Å². The van der Waals surface area contributed by atoms with E-state index < -0.39 is 32.9 Å². The van der Waals surface area contributed by atoms with Crippen molar-refractivity contribution in [2.45, 2.75) is 63.6 Å². The van der Waals surface area contributed by atoms with Gasteiger partial charge in [0.1, 0.15) is 11.4 Å². The minimum absolute atomic E-state index is 0.0320. The Bertz CT molecular complexity index is 1090. The van der Waals surface area contributed by atoms with Crippen LogP contribution in [0.25, 0.3) is 0 Å². The minimum Gasteiger partial charge on any atom is -0.444 e. The molecule has 1 unspecified atom stereocenters. The van der Waals surface area contributed by atoms with Crippen LogP contribution < -0.4 is 4.18 Å². The summed E-state index contributed by atoms with van der Waals surface area (Å²) in [6, 6.07) is 1.82. The van der Waals surface area contributed by atoms with E-state index in [1.807, 2.05) is 0 Å². The van der Waals surface area contributed by atoms with Gasteiger partial charge in [-0.25, -0.2) is 4.79 Å². The Balaban J connectivity index is 1.61. The molecule has 36 heavy (non-hydrogen) atoms. The van der Waals surface area contributed by atoms with E-state index in [1.54, 1.807) is 30.6 Å². The van der Waals surface area contributed by atoms with Crippen LogP contribution in [-0.4, -0.2) is 67.0 Å². The number of rotatable bonds is 5. The lowest BCUT2D eigenvalue weighted by Crippen LogP contribution is -2.48. The van der Waals surface area contributed by atoms with Crippen LogP contribution in [0.5, 0.6) is 5.75 Å². The number of likely N-dealkylation sites (tertiary alicyclic amines) is 2. The van der Waals surface area contributed by atoms with Gasteiger partial charge in [0.15, 0.2) is 0 Å². The van der Waals surface area contributed by atoms with Gasteiger partial charge in [-0.15, -0.1) is 0 Å². The first kappa shape index (κ1) is 28.6. The summed E-state index contributed by atoms with van der Waals surface area (Å²) in [5.74, 6) is -1.23. The molecule has 2 amide bonds. The summed E-state index contributed by atoms with van der Waals surface area (Å²) in [4.78, 5) is 28.8. The SMILES string of the molecule is CC(C)(C)OC(=O)N1CCC(N2CCC(Cc3c(Cl)cc(OS(=O)(=O)C(F)(F)F)cc3Cl)C2=O)CC1. The number of nitrogens with zero attached hydrogens (tertiary/aromatic N) is 2. The molecule has 202 valence electrons. The third kappa shape index (κ3) is 6.69. The first-order valence-electron chi connectivity index (χ1n) is 11.3. The van der Waals surface area contributed by atoms with E-state index in [9.17, 15) is 31.2 Å². The van der Waals surface area contributed by atoms with Gasteiger partial charge in [0, 0.05) is 53.8 Å². The number of hydrogen-bond acceptors (Lipinski definition) is 6. The number of benzene rings is 1. The second kappa shape index (κ2) is 10.4. The Morgan fingerprint density at radius 1 is 1.06 bits per heavy atom. The van der Waals surface area contributed by atoms with Crippen LogP contribution in [0.1, 0.15) is 45.6 Å². The van der Waals surface area contributed by atoms with Crippen LogP contribution in [0.15, 0.2) is 12.1 Å². The van der Waals surface area contributed by atoms with Crippen molar-refractivity contribution in [3.05, 3.63) is 27.7 Å². The number of hydrogen-bond donors (Lipinski definition) is 0. The molecule has 0 aromatic heterocycles. The van der Waals surface area contributed by atoms with Crippen molar-refractivity contribution >= 4 is 45.3 Å². The van der Waals surface area contributed by atoms with Crippen molar-refractivity contribution in [1.29, 1.82) is 0 Å². The average molecular weight is 575 g/mol. The second-order valence-corrected chi connectivity index (χ2v) is 12.1. The second-order valence-electron chi connectivity index (χ2n) is 9.77. The topological polar surface area (TPSA) is 93.2 Å². The summed E-state index contributed by atoms with van der Waals surface area (Å²) in [5.41, 5.74) is -5.88. The van der Waals surface area contributed by atoms with E-state index in [1.165, 1.54) is 0 Å². The number of amides is 2. The molecular weight excluding hydrogens is 548 g/mol. The van der Waals surface area contributed by atoms with Crippen molar-refractivity contribution < 1.29 is 40.1 Å². The fraction of sp³-hybridized carbons (Fsp3) is 0.636. The van der Waals surface area contributed by atoms with Gasteiger partial charge in [-0.2, -0.15) is 21.6 Å². The van der Waals surface area contributed by atoms with E-state index in [0.717, 1.165) is 12.1 Å². The first-order chi connectivity index (χ1) is 16.5. The van der Waals surface area contributed by atoms with Gasteiger partial charge in [0.25, 0.3) is 0 Å². The molecule has 1 aromatic carbocycles. The Morgan fingerprint density at radius 2 is 1.61 bits per heavy atom. The highest BCUT2D eigenvalue weighted by Gasteiger charge is 2.48. The average Bonchev–Trinajstić information content (AvgIpc) is 3.08. The first-order valence-corrected chi connectivity index (χ1v) is 13.4. The van der Waals surface area contributed by atoms with Crippen molar-refractivity contribution in [2.75, 3.05) is 19.6 Å². The molecule has 1 atom stereocenters. The van der Waals surface area contributed by atoms with Crippen LogP contribution >= 0.6 is 23.2 Å². The fourth-order valence-corrected chi connectivity index (χ4v) is 5.31. The molecule has 2 heterocycles. The number of halogens is 5. The number of carbonyl (C=O) groups is 2. The smallest absolute Gasteiger partial charge is 0.444 e. The molecule has 3 rings (SSSR count). The van der Waals surface area contributed by atoms with E-state index in [2.05, 4.69) is 4.18 Å². The van der Waals surface area contributed by atoms with Gasteiger partial charge < -0.3 is 18.7 Å². The van der Waals surface area contributed by atoms with Gasteiger partial charge >= 0.3 is 21.7 Å².